The lowest BCUT2D eigenvalue weighted by Crippen LogP contribution is -2.27. The summed E-state index contributed by atoms with van der Waals surface area (Å²) in [5.41, 5.74) is 1.84. The highest BCUT2D eigenvalue weighted by Gasteiger charge is 2.22. The summed E-state index contributed by atoms with van der Waals surface area (Å²) in [6.07, 6.45) is 2.11. The standard InChI is InChI=1S/C20H19N3O3/c24-20(21-12-6-9-16-7-2-1-3-8-16)18-15-17(23(25)26)10-11-19(18)22-13-4-5-14-22/h1-3,7-8,10-11,15H,4-5,12-14H2,(H,21,24). The van der Waals surface area contributed by atoms with E-state index in [4.69, 9.17) is 0 Å². The van der Waals surface area contributed by atoms with Crippen LogP contribution in [0.25, 0.3) is 0 Å². The van der Waals surface area contributed by atoms with Gasteiger partial charge in [0.05, 0.1) is 22.7 Å². The molecule has 0 radical (unpaired) electrons. The van der Waals surface area contributed by atoms with Crippen molar-refractivity contribution in [2.75, 3.05) is 24.5 Å². The molecule has 1 aliphatic heterocycles. The molecular weight excluding hydrogens is 330 g/mol. The van der Waals surface area contributed by atoms with Crippen molar-refractivity contribution >= 4 is 17.3 Å². The fourth-order valence-electron chi connectivity index (χ4n) is 2.94. The quantitative estimate of drug-likeness (QED) is 0.523. The summed E-state index contributed by atoms with van der Waals surface area (Å²) in [7, 11) is 0. The van der Waals surface area contributed by atoms with E-state index in [0.29, 0.717) is 5.56 Å². The van der Waals surface area contributed by atoms with Gasteiger partial charge in [0, 0.05) is 30.8 Å². The molecular formula is C20H19N3O3. The summed E-state index contributed by atoms with van der Waals surface area (Å²) >= 11 is 0. The lowest BCUT2D eigenvalue weighted by atomic mass is 10.1. The Morgan fingerprint density at radius 1 is 1.15 bits per heavy atom. The highest BCUT2D eigenvalue weighted by Crippen LogP contribution is 2.28. The molecule has 0 aliphatic carbocycles. The molecule has 2 aromatic rings. The Morgan fingerprint density at radius 2 is 1.88 bits per heavy atom. The second-order valence-electron chi connectivity index (χ2n) is 6.00. The van der Waals surface area contributed by atoms with Crippen LogP contribution >= 0.6 is 0 Å². The molecule has 0 aromatic heterocycles. The topological polar surface area (TPSA) is 75.5 Å². The van der Waals surface area contributed by atoms with Crippen LogP contribution < -0.4 is 10.2 Å². The van der Waals surface area contributed by atoms with Crippen molar-refractivity contribution in [1.82, 2.24) is 5.32 Å². The third-order valence-electron chi connectivity index (χ3n) is 4.23. The van der Waals surface area contributed by atoms with Crippen LogP contribution in [-0.4, -0.2) is 30.5 Å². The van der Waals surface area contributed by atoms with Gasteiger partial charge in [0.2, 0.25) is 0 Å². The molecule has 3 rings (SSSR count). The normalized spacial score (nSPS) is 13.0. The van der Waals surface area contributed by atoms with Crippen LogP contribution in [-0.2, 0) is 0 Å². The van der Waals surface area contributed by atoms with Crippen molar-refractivity contribution in [3.63, 3.8) is 0 Å². The van der Waals surface area contributed by atoms with Crippen LogP contribution in [0, 0.1) is 22.0 Å². The number of non-ortho nitro benzene ring substituents is 1. The molecule has 6 heteroatoms. The number of anilines is 1. The molecule has 0 bridgehead atoms. The molecule has 0 spiro atoms. The number of carbonyl (C=O) groups excluding carboxylic acids is 1. The smallest absolute Gasteiger partial charge is 0.270 e. The van der Waals surface area contributed by atoms with E-state index in [1.54, 1.807) is 6.07 Å². The largest absolute Gasteiger partial charge is 0.371 e. The van der Waals surface area contributed by atoms with Gasteiger partial charge in [0.1, 0.15) is 0 Å². The summed E-state index contributed by atoms with van der Waals surface area (Å²) < 4.78 is 0. The van der Waals surface area contributed by atoms with Crippen LogP contribution in [0.15, 0.2) is 48.5 Å². The Balaban J connectivity index is 1.75. The van der Waals surface area contributed by atoms with Gasteiger partial charge in [-0.2, -0.15) is 0 Å². The summed E-state index contributed by atoms with van der Waals surface area (Å²) in [6, 6.07) is 13.9. The second kappa shape index (κ2) is 8.17. The number of hydrogen-bond acceptors (Lipinski definition) is 4. The van der Waals surface area contributed by atoms with E-state index < -0.39 is 4.92 Å². The Hall–Kier alpha value is -3.33. The van der Waals surface area contributed by atoms with Gasteiger partial charge < -0.3 is 10.2 Å². The van der Waals surface area contributed by atoms with Crippen molar-refractivity contribution < 1.29 is 9.72 Å². The fraction of sp³-hybridized carbons (Fsp3) is 0.250. The summed E-state index contributed by atoms with van der Waals surface area (Å²) in [4.78, 5) is 25.2. The Labute approximate surface area is 152 Å². The highest BCUT2D eigenvalue weighted by atomic mass is 16.6. The molecule has 6 nitrogen and oxygen atoms in total. The zero-order valence-electron chi connectivity index (χ0n) is 14.3. The Morgan fingerprint density at radius 3 is 2.58 bits per heavy atom. The molecule has 0 unspecified atom stereocenters. The van der Waals surface area contributed by atoms with Crippen LogP contribution in [0.5, 0.6) is 0 Å². The van der Waals surface area contributed by atoms with E-state index in [0.717, 1.165) is 37.2 Å². The van der Waals surface area contributed by atoms with E-state index >= 15 is 0 Å². The molecule has 26 heavy (non-hydrogen) atoms. The molecule has 1 saturated heterocycles. The minimum Gasteiger partial charge on any atom is -0.371 e. The lowest BCUT2D eigenvalue weighted by Gasteiger charge is -2.20. The maximum atomic E-state index is 12.6. The van der Waals surface area contributed by atoms with Gasteiger partial charge in [-0.3, -0.25) is 14.9 Å². The molecule has 1 amide bonds. The first-order valence-electron chi connectivity index (χ1n) is 8.50. The number of nitro benzene ring substituents is 1. The van der Waals surface area contributed by atoms with Gasteiger partial charge in [-0.25, -0.2) is 0 Å². The minimum atomic E-state index is -0.486. The average Bonchev–Trinajstić information content (AvgIpc) is 3.20. The zero-order chi connectivity index (χ0) is 18.4. The minimum absolute atomic E-state index is 0.0894. The summed E-state index contributed by atoms with van der Waals surface area (Å²) in [6.45, 7) is 1.88. The maximum absolute atomic E-state index is 12.6. The van der Waals surface area contributed by atoms with Crippen LogP contribution in [0.4, 0.5) is 11.4 Å². The van der Waals surface area contributed by atoms with Crippen LogP contribution in [0.1, 0.15) is 28.8 Å². The van der Waals surface area contributed by atoms with Gasteiger partial charge in [0.15, 0.2) is 0 Å². The average molecular weight is 349 g/mol. The van der Waals surface area contributed by atoms with Crippen molar-refractivity contribution in [3.05, 3.63) is 69.8 Å². The van der Waals surface area contributed by atoms with E-state index in [1.807, 2.05) is 30.3 Å². The van der Waals surface area contributed by atoms with Gasteiger partial charge >= 0.3 is 0 Å². The van der Waals surface area contributed by atoms with Crippen molar-refractivity contribution in [3.8, 4) is 11.8 Å². The Kier molecular flexibility index (Phi) is 5.49. The SMILES string of the molecule is O=C(NCC#Cc1ccccc1)c1cc([N+](=O)[O-])ccc1N1CCCC1. The van der Waals surface area contributed by atoms with E-state index in [1.165, 1.54) is 12.1 Å². The molecule has 1 heterocycles. The lowest BCUT2D eigenvalue weighted by molar-refractivity contribution is -0.384. The predicted molar refractivity (Wildman–Crippen MR) is 100 cm³/mol. The number of nitrogens with one attached hydrogen (secondary N) is 1. The van der Waals surface area contributed by atoms with Crippen LogP contribution in [0.3, 0.4) is 0 Å². The van der Waals surface area contributed by atoms with E-state index in [2.05, 4.69) is 22.1 Å². The molecule has 0 atom stereocenters. The van der Waals surface area contributed by atoms with Gasteiger partial charge in [-0.1, -0.05) is 30.0 Å². The number of nitro groups is 1. The van der Waals surface area contributed by atoms with E-state index in [-0.39, 0.29) is 18.1 Å². The van der Waals surface area contributed by atoms with Crippen molar-refractivity contribution in [1.29, 1.82) is 0 Å². The molecule has 1 aliphatic rings. The molecule has 2 aromatic carbocycles. The monoisotopic (exact) mass is 349 g/mol. The summed E-state index contributed by atoms with van der Waals surface area (Å²) in [5, 5.41) is 13.8. The number of nitrogens with zero attached hydrogens (tertiary/aromatic N) is 2. The zero-order valence-corrected chi connectivity index (χ0v) is 14.3. The summed E-state index contributed by atoms with van der Waals surface area (Å²) in [5.74, 6) is 5.52. The third kappa shape index (κ3) is 4.19. The number of rotatable bonds is 4. The fourth-order valence-corrected chi connectivity index (χ4v) is 2.94. The molecule has 0 saturated carbocycles. The van der Waals surface area contributed by atoms with Gasteiger partial charge in [-0.05, 0) is 31.0 Å². The van der Waals surface area contributed by atoms with Gasteiger partial charge in [0.25, 0.3) is 11.6 Å². The third-order valence-corrected chi connectivity index (χ3v) is 4.23. The predicted octanol–water partition coefficient (Wildman–Crippen LogP) is 2.98. The molecule has 1 N–H and O–H groups in total. The maximum Gasteiger partial charge on any atom is 0.270 e. The number of amides is 1. The van der Waals surface area contributed by atoms with Crippen LogP contribution in [0.2, 0.25) is 0 Å². The van der Waals surface area contributed by atoms with E-state index in [9.17, 15) is 14.9 Å². The molecule has 1 fully saturated rings. The first-order valence-corrected chi connectivity index (χ1v) is 8.50. The second-order valence-corrected chi connectivity index (χ2v) is 6.00. The number of carbonyl (C=O) groups is 1. The molecule has 132 valence electrons. The van der Waals surface area contributed by atoms with Crippen molar-refractivity contribution in [2.24, 2.45) is 0 Å². The number of hydrogen-bond donors (Lipinski definition) is 1. The first-order chi connectivity index (χ1) is 12.6. The highest BCUT2D eigenvalue weighted by molar-refractivity contribution is 6.00. The van der Waals surface area contributed by atoms with Crippen molar-refractivity contribution in [2.45, 2.75) is 12.8 Å². The first kappa shape index (κ1) is 17.5. The van der Waals surface area contributed by atoms with Gasteiger partial charge in [-0.15, -0.1) is 0 Å². The Bertz CT molecular complexity index is 863. The number of benzene rings is 2.